The molecule has 0 rings (SSSR count). The van der Waals surface area contributed by atoms with Gasteiger partial charge in [0, 0.05) is 19.4 Å². The molecule has 66 heavy (non-hydrogen) atoms. The molecule has 9 nitrogen and oxygen atoms in total. The molecule has 10 heteroatoms. The van der Waals surface area contributed by atoms with Gasteiger partial charge in [-0.2, -0.15) is 0 Å². The molecule has 0 radical (unpaired) electrons. The number of hydrogen-bond donors (Lipinski definition) is 2. The lowest BCUT2D eigenvalue weighted by molar-refractivity contribution is -0.161. The summed E-state index contributed by atoms with van der Waals surface area (Å²) in [6, 6.07) is 0. The highest BCUT2D eigenvalue weighted by atomic mass is 31.2. The van der Waals surface area contributed by atoms with Crippen LogP contribution in [-0.4, -0.2) is 49.3 Å². The van der Waals surface area contributed by atoms with Crippen LogP contribution in [0.4, 0.5) is 0 Å². The van der Waals surface area contributed by atoms with Gasteiger partial charge in [-0.25, -0.2) is 4.57 Å². The molecule has 3 N–H and O–H groups in total. The Labute approximate surface area is 403 Å². The average Bonchev–Trinajstić information content (AvgIpc) is 3.31. The van der Waals surface area contributed by atoms with E-state index in [2.05, 4.69) is 123 Å². The van der Waals surface area contributed by atoms with Gasteiger partial charge in [-0.3, -0.25) is 18.6 Å². The van der Waals surface area contributed by atoms with Crippen molar-refractivity contribution in [2.45, 2.75) is 206 Å². The van der Waals surface area contributed by atoms with Crippen molar-refractivity contribution in [3.05, 3.63) is 109 Å². The highest BCUT2D eigenvalue weighted by molar-refractivity contribution is 7.47. The van der Waals surface area contributed by atoms with Gasteiger partial charge in [0.2, 0.25) is 0 Å². The molecule has 2 unspecified atom stereocenters. The summed E-state index contributed by atoms with van der Waals surface area (Å²) in [5.74, 6) is -0.865. The quantitative estimate of drug-likeness (QED) is 0.0265. The lowest BCUT2D eigenvalue weighted by Gasteiger charge is -2.19. The molecule has 0 saturated heterocycles. The fourth-order valence-corrected chi connectivity index (χ4v) is 7.35. The number of carbonyl (C=O) groups is 2. The second-order valence-electron chi connectivity index (χ2n) is 16.7. The second-order valence-corrected chi connectivity index (χ2v) is 18.1. The molecule has 0 aliphatic heterocycles. The van der Waals surface area contributed by atoms with E-state index in [4.69, 9.17) is 24.3 Å². The van der Waals surface area contributed by atoms with Crippen LogP contribution in [0.3, 0.4) is 0 Å². The standard InChI is InChI=1S/C56H94NO8P/c1-3-5-7-9-11-13-15-17-19-21-22-23-24-25-26-27-28-29-30-31-32-33-35-37-39-41-43-45-47-49-56(59)65-54(53-64-66(60,61)63-51-50-57)52-62-55(58)48-46-44-42-40-38-36-34-20-18-16-14-12-10-8-6-4-2/h5,7,11,13-14,16-17,19-20,22-23,25-26,28-29,31-32,34,54H,3-4,6,8-10,12,15,18,21,24,27,30,33,35-53,57H2,1-2H3,(H,60,61)/b7-5-,13-11-,16-14-,19-17-,23-22-,26-25-,29-28-,32-31-,34-20-. The predicted molar refractivity (Wildman–Crippen MR) is 279 cm³/mol. The van der Waals surface area contributed by atoms with Crippen LogP contribution in [0.2, 0.25) is 0 Å². The summed E-state index contributed by atoms with van der Waals surface area (Å²) in [4.78, 5) is 35.0. The molecule has 0 aliphatic rings. The Kier molecular flexibility index (Phi) is 48.5. The maximum absolute atomic E-state index is 12.7. The highest BCUT2D eigenvalue weighted by Crippen LogP contribution is 2.43. The van der Waals surface area contributed by atoms with E-state index < -0.39 is 32.5 Å². The van der Waals surface area contributed by atoms with Gasteiger partial charge < -0.3 is 20.1 Å². The average molecular weight is 940 g/mol. The monoisotopic (exact) mass is 940 g/mol. The molecule has 0 aromatic rings. The number of allylic oxidation sites excluding steroid dienone is 18. The van der Waals surface area contributed by atoms with E-state index >= 15 is 0 Å². The van der Waals surface area contributed by atoms with Gasteiger partial charge in [0.25, 0.3) is 0 Å². The van der Waals surface area contributed by atoms with Crippen LogP contribution in [-0.2, 0) is 32.7 Å². The number of carbonyl (C=O) groups excluding carboxylic acids is 2. The SMILES string of the molecule is CC/C=C\C/C=C\C/C=C\C/C=C\C/C=C\C/C=C\C/C=C\CCCCCCCCCC(=O)OC(COC(=O)CCCCCCC/C=C\C/C=C\CCCCCC)COP(=O)(O)OCCN. The van der Waals surface area contributed by atoms with E-state index in [0.717, 1.165) is 109 Å². The normalized spacial score (nSPS) is 14.1. The third-order valence-electron chi connectivity index (χ3n) is 10.4. The first-order valence-electron chi connectivity index (χ1n) is 25.9. The molecule has 0 heterocycles. The van der Waals surface area contributed by atoms with E-state index in [1.807, 2.05) is 0 Å². The maximum atomic E-state index is 12.7. The Balaban J connectivity index is 4.11. The van der Waals surface area contributed by atoms with Crippen molar-refractivity contribution in [1.29, 1.82) is 0 Å². The lowest BCUT2D eigenvalue weighted by atomic mass is 10.1. The molecule has 0 saturated carbocycles. The third-order valence-corrected chi connectivity index (χ3v) is 11.4. The van der Waals surface area contributed by atoms with Gasteiger partial charge in [-0.05, 0) is 103 Å². The zero-order chi connectivity index (χ0) is 48.1. The largest absolute Gasteiger partial charge is 0.472 e. The number of nitrogens with two attached hydrogens (primary N) is 1. The Morgan fingerprint density at radius 2 is 0.833 bits per heavy atom. The zero-order valence-electron chi connectivity index (χ0n) is 41.6. The summed E-state index contributed by atoms with van der Waals surface area (Å²) in [7, 11) is -4.40. The van der Waals surface area contributed by atoms with E-state index in [9.17, 15) is 19.0 Å². The van der Waals surface area contributed by atoms with E-state index in [1.165, 1.54) is 51.4 Å². The minimum absolute atomic E-state index is 0.0435. The van der Waals surface area contributed by atoms with Gasteiger partial charge in [0.15, 0.2) is 6.10 Å². The first-order valence-corrected chi connectivity index (χ1v) is 27.4. The van der Waals surface area contributed by atoms with Crippen LogP contribution in [0.1, 0.15) is 200 Å². The van der Waals surface area contributed by atoms with Gasteiger partial charge >= 0.3 is 19.8 Å². The Hall–Kier alpha value is -3.33. The van der Waals surface area contributed by atoms with Crippen molar-refractivity contribution in [3.8, 4) is 0 Å². The number of rotatable bonds is 47. The molecule has 0 spiro atoms. The van der Waals surface area contributed by atoms with Crippen molar-refractivity contribution in [1.82, 2.24) is 0 Å². The molecule has 0 aliphatic carbocycles. The molecule has 0 bridgehead atoms. The first-order chi connectivity index (χ1) is 32.3. The fourth-order valence-electron chi connectivity index (χ4n) is 6.59. The van der Waals surface area contributed by atoms with Gasteiger partial charge in [0.1, 0.15) is 6.61 Å². The lowest BCUT2D eigenvalue weighted by Crippen LogP contribution is -2.29. The first kappa shape index (κ1) is 62.7. The maximum Gasteiger partial charge on any atom is 0.472 e. The van der Waals surface area contributed by atoms with E-state index in [1.54, 1.807) is 0 Å². The third kappa shape index (κ3) is 50.1. The van der Waals surface area contributed by atoms with E-state index in [-0.39, 0.29) is 32.6 Å². The molecular weight excluding hydrogens is 846 g/mol. The Morgan fingerprint density at radius 1 is 0.470 bits per heavy atom. The highest BCUT2D eigenvalue weighted by Gasteiger charge is 2.26. The van der Waals surface area contributed by atoms with Crippen molar-refractivity contribution in [2.24, 2.45) is 5.73 Å². The van der Waals surface area contributed by atoms with Crippen molar-refractivity contribution < 1.29 is 37.6 Å². The number of unbranched alkanes of at least 4 members (excludes halogenated alkanes) is 16. The van der Waals surface area contributed by atoms with Crippen LogP contribution < -0.4 is 5.73 Å². The summed E-state index contributed by atoms with van der Waals surface area (Å²) in [6.07, 6.45) is 68.4. The molecule has 0 amide bonds. The molecule has 2 atom stereocenters. The summed E-state index contributed by atoms with van der Waals surface area (Å²) < 4.78 is 32.9. The van der Waals surface area contributed by atoms with Crippen LogP contribution in [0.15, 0.2) is 109 Å². The minimum Gasteiger partial charge on any atom is -0.462 e. The molecule has 0 aromatic heterocycles. The van der Waals surface area contributed by atoms with E-state index in [0.29, 0.717) is 12.8 Å². The van der Waals surface area contributed by atoms with Crippen LogP contribution in [0.25, 0.3) is 0 Å². The van der Waals surface area contributed by atoms with Gasteiger partial charge in [-0.15, -0.1) is 0 Å². The molecular formula is C56H94NO8P. The molecule has 0 fully saturated rings. The van der Waals surface area contributed by atoms with Crippen molar-refractivity contribution in [2.75, 3.05) is 26.4 Å². The summed E-state index contributed by atoms with van der Waals surface area (Å²) in [5, 5.41) is 0. The number of esters is 2. The van der Waals surface area contributed by atoms with Crippen molar-refractivity contribution >= 4 is 19.8 Å². The summed E-state index contributed by atoms with van der Waals surface area (Å²) >= 11 is 0. The summed E-state index contributed by atoms with van der Waals surface area (Å²) in [5.41, 5.74) is 5.36. The van der Waals surface area contributed by atoms with Crippen LogP contribution in [0, 0.1) is 0 Å². The van der Waals surface area contributed by atoms with Crippen molar-refractivity contribution in [3.63, 3.8) is 0 Å². The fraction of sp³-hybridized carbons (Fsp3) is 0.643. The smallest absolute Gasteiger partial charge is 0.462 e. The summed E-state index contributed by atoms with van der Waals surface area (Å²) in [6.45, 7) is 3.56. The number of hydrogen-bond acceptors (Lipinski definition) is 8. The number of ether oxygens (including phenoxy) is 2. The second kappa shape index (κ2) is 51.1. The van der Waals surface area contributed by atoms with Crippen LogP contribution >= 0.6 is 7.82 Å². The van der Waals surface area contributed by atoms with Gasteiger partial charge in [-0.1, -0.05) is 194 Å². The zero-order valence-corrected chi connectivity index (χ0v) is 42.5. The topological polar surface area (TPSA) is 134 Å². The molecule has 376 valence electrons. The number of phosphoric acid groups is 1. The predicted octanol–water partition coefficient (Wildman–Crippen LogP) is 15.9. The number of phosphoric ester groups is 1. The Bertz CT molecular complexity index is 1440. The Morgan fingerprint density at radius 3 is 1.24 bits per heavy atom. The minimum atomic E-state index is -4.40. The molecule has 0 aromatic carbocycles. The van der Waals surface area contributed by atoms with Crippen LogP contribution in [0.5, 0.6) is 0 Å². The van der Waals surface area contributed by atoms with Gasteiger partial charge in [0.05, 0.1) is 13.2 Å².